The van der Waals surface area contributed by atoms with Crippen molar-refractivity contribution in [1.82, 2.24) is 20.4 Å². The molecule has 0 saturated carbocycles. The van der Waals surface area contributed by atoms with Crippen LogP contribution in [0.4, 0.5) is 21.0 Å². The number of amides is 4. The van der Waals surface area contributed by atoms with Gasteiger partial charge in [0.05, 0.1) is 0 Å². The SMILES string of the molecule is CCCCCCCCN(C)CCCCNC(=O)Nc1cccc(Cc2cccc(NC(=O)NCCCCN(C)CCCCCCCC)c2)c1. The van der Waals surface area contributed by atoms with E-state index in [1.807, 2.05) is 36.4 Å². The molecule has 0 spiro atoms. The van der Waals surface area contributed by atoms with Crippen LogP contribution in [0.3, 0.4) is 0 Å². The average molecular weight is 679 g/mol. The zero-order valence-corrected chi connectivity index (χ0v) is 31.6. The van der Waals surface area contributed by atoms with Gasteiger partial charge < -0.3 is 31.1 Å². The van der Waals surface area contributed by atoms with Gasteiger partial charge in [-0.05, 0) is 121 Å². The molecule has 8 heteroatoms. The van der Waals surface area contributed by atoms with Gasteiger partial charge in [0.15, 0.2) is 0 Å². The first kappa shape index (κ1) is 42.1. The molecule has 2 aromatic rings. The zero-order chi connectivity index (χ0) is 35.4. The van der Waals surface area contributed by atoms with Crippen LogP contribution in [0.1, 0.15) is 128 Å². The Morgan fingerprint density at radius 1 is 0.510 bits per heavy atom. The molecule has 2 aromatic carbocycles. The number of nitrogens with zero attached hydrogens (tertiary/aromatic N) is 2. The predicted molar refractivity (Wildman–Crippen MR) is 210 cm³/mol. The highest BCUT2D eigenvalue weighted by Gasteiger charge is 2.07. The average Bonchev–Trinajstić information content (AvgIpc) is 3.08. The van der Waals surface area contributed by atoms with Gasteiger partial charge in [-0.25, -0.2) is 9.59 Å². The lowest BCUT2D eigenvalue weighted by Crippen LogP contribution is -2.30. The van der Waals surface area contributed by atoms with Gasteiger partial charge in [-0.3, -0.25) is 0 Å². The number of rotatable bonds is 28. The van der Waals surface area contributed by atoms with E-state index in [4.69, 9.17) is 0 Å². The highest BCUT2D eigenvalue weighted by atomic mass is 16.2. The van der Waals surface area contributed by atoms with Crippen LogP contribution < -0.4 is 21.3 Å². The monoisotopic (exact) mass is 679 g/mol. The number of nitrogens with one attached hydrogen (secondary N) is 4. The van der Waals surface area contributed by atoms with E-state index in [-0.39, 0.29) is 12.1 Å². The Hall–Kier alpha value is -3.10. The summed E-state index contributed by atoms with van der Waals surface area (Å²) < 4.78 is 0. The number of hydrogen-bond donors (Lipinski definition) is 4. The summed E-state index contributed by atoms with van der Waals surface area (Å²) in [5.41, 5.74) is 3.73. The third-order valence-corrected chi connectivity index (χ3v) is 9.07. The van der Waals surface area contributed by atoms with Gasteiger partial charge >= 0.3 is 12.1 Å². The molecule has 0 fully saturated rings. The fraction of sp³-hybridized carbons (Fsp3) is 0.659. The van der Waals surface area contributed by atoms with Crippen molar-refractivity contribution in [1.29, 1.82) is 0 Å². The van der Waals surface area contributed by atoms with Gasteiger partial charge in [0.25, 0.3) is 0 Å². The molecule has 0 aromatic heterocycles. The largest absolute Gasteiger partial charge is 0.338 e. The number of benzene rings is 2. The molecule has 49 heavy (non-hydrogen) atoms. The summed E-state index contributed by atoms with van der Waals surface area (Å²) in [6.45, 7) is 10.3. The quantitative estimate of drug-likeness (QED) is 0.0675. The molecule has 4 N–H and O–H groups in total. The Kier molecular flexibility index (Phi) is 23.8. The van der Waals surface area contributed by atoms with Crippen molar-refractivity contribution in [2.24, 2.45) is 0 Å². The molecule has 0 heterocycles. The minimum atomic E-state index is -0.171. The molecule has 0 unspecified atom stereocenters. The van der Waals surface area contributed by atoms with E-state index in [9.17, 15) is 9.59 Å². The Bertz CT molecular complexity index is 1050. The highest BCUT2D eigenvalue weighted by molar-refractivity contribution is 5.89. The smallest absolute Gasteiger partial charge is 0.319 e. The lowest BCUT2D eigenvalue weighted by molar-refractivity contribution is 0.250. The Morgan fingerprint density at radius 3 is 1.29 bits per heavy atom. The van der Waals surface area contributed by atoms with E-state index in [0.29, 0.717) is 19.5 Å². The number of anilines is 2. The second kappa shape index (κ2) is 27.7. The molecule has 0 aliphatic carbocycles. The molecular formula is C41H70N6O2. The third-order valence-electron chi connectivity index (χ3n) is 9.07. The maximum absolute atomic E-state index is 12.5. The molecule has 0 atom stereocenters. The Morgan fingerprint density at radius 2 is 0.878 bits per heavy atom. The van der Waals surface area contributed by atoms with Gasteiger partial charge in [0.2, 0.25) is 0 Å². The highest BCUT2D eigenvalue weighted by Crippen LogP contribution is 2.18. The molecule has 4 amide bonds. The third kappa shape index (κ3) is 22.3. The molecular weight excluding hydrogens is 608 g/mol. The van der Waals surface area contributed by atoms with Crippen molar-refractivity contribution in [3.05, 3.63) is 59.7 Å². The van der Waals surface area contributed by atoms with Crippen LogP contribution in [0.2, 0.25) is 0 Å². The fourth-order valence-corrected chi connectivity index (χ4v) is 6.07. The minimum Gasteiger partial charge on any atom is -0.338 e. The first-order chi connectivity index (χ1) is 23.9. The lowest BCUT2D eigenvalue weighted by atomic mass is 10.0. The summed E-state index contributed by atoms with van der Waals surface area (Å²) >= 11 is 0. The van der Waals surface area contributed by atoms with Gasteiger partial charge in [-0.15, -0.1) is 0 Å². The van der Waals surface area contributed by atoms with Crippen LogP contribution in [0.15, 0.2) is 48.5 Å². The maximum atomic E-state index is 12.5. The summed E-state index contributed by atoms with van der Waals surface area (Å²) in [7, 11) is 4.39. The van der Waals surface area contributed by atoms with E-state index in [2.05, 4.69) is 71.1 Å². The molecule has 0 saturated heterocycles. The van der Waals surface area contributed by atoms with Crippen LogP contribution in [-0.2, 0) is 6.42 Å². The van der Waals surface area contributed by atoms with Gasteiger partial charge in [-0.2, -0.15) is 0 Å². The molecule has 276 valence electrons. The number of hydrogen-bond acceptors (Lipinski definition) is 4. The van der Waals surface area contributed by atoms with E-state index in [1.165, 1.54) is 77.0 Å². The number of urea groups is 2. The van der Waals surface area contributed by atoms with Crippen LogP contribution in [-0.4, -0.2) is 75.2 Å². The number of unbranched alkanes of at least 4 members (excludes halogenated alkanes) is 12. The second-order valence-corrected chi connectivity index (χ2v) is 13.9. The summed E-state index contributed by atoms with van der Waals surface area (Å²) in [4.78, 5) is 29.8. The van der Waals surface area contributed by atoms with Crippen LogP contribution in [0.5, 0.6) is 0 Å². The molecule has 0 aliphatic rings. The fourth-order valence-electron chi connectivity index (χ4n) is 6.07. The number of carbonyl (C=O) groups excluding carboxylic acids is 2. The normalized spacial score (nSPS) is 11.2. The van der Waals surface area contributed by atoms with Crippen LogP contribution in [0, 0.1) is 0 Å². The summed E-state index contributed by atoms with van der Waals surface area (Å²) in [5, 5.41) is 11.9. The first-order valence-corrected chi connectivity index (χ1v) is 19.5. The Balaban J connectivity index is 1.61. The molecule has 0 aliphatic heterocycles. The number of carbonyl (C=O) groups is 2. The zero-order valence-electron chi connectivity index (χ0n) is 31.6. The predicted octanol–water partition coefficient (Wildman–Crippen LogP) is 9.67. The van der Waals surface area contributed by atoms with Crippen molar-refractivity contribution < 1.29 is 9.59 Å². The van der Waals surface area contributed by atoms with Crippen molar-refractivity contribution in [3.63, 3.8) is 0 Å². The molecule has 2 rings (SSSR count). The molecule has 8 nitrogen and oxygen atoms in total. The van der Waals surface area contributed by atoms with E-state index < -0.39 is 0 Å². The van der Waals surface area contributed by atoms with Crippen molar-refractivity contribution in [3.8, 4) is 0 Å². The lowest BCUT2D eigenvalue weighted by Gasteiger charge is -2.16. The van der Waals surface area contributed by atoms with Crippen molar-refractivity contribution in [2.45, 2.75) is 123 Å². The Labute approximate surface area is 299 Å². The second-order valence-electron chi connectivity index (χ2n) is 13.9. The summed E-state index contributed by atoms with van der Waals surface area (Å²) in [6.07, 6.45) is 20.7. The van der Waals surface area contributed by atoms with Crippen LogP contribution >= 0.6 is 0 Å². The van der Waals surface area contributed by atoms with Gasteiger partial charge in [0.1, 0.15) is 0 Å². The van der Waals surface area contributed by atoms with Gasteiger partial charge in [-0.1, -0.05) is 102 Å². The molecule has 0 radical (unpaired) electrons. The summed E-state index contributed by atoms with van der Waals surface area (Å²) in [5.74, 6) is 0. The minimum absolute atomic E-state index is 0.171. The van der Waals surface area contributed by atoms with Crippen molar-refractivity contribution >= 4 is 23.4 Å². The van der Waals surface area contributed by atoms with E-state index in [1.54, 1.807) is 0 Å². The first-order valence-electron chi connectivity index (χ1n) is 19.5. The van der Waals surface area contributed by atoms with Gasteiger partial charge in [0, 0.05) is 24.5 Å². The molecule has 0 bridgehead atoms. The van der Waals surface area contributed by atoms with Crippen LogP contribution in [0.25, 0.3) is 0 Å². The van der Waals surface area contributed by atoms with E-state index in [0.717, 1.165) is 74.4 Å². The summed E-state index contributed by atoms with van der Waals surface area (Å²) in [6, 6.07) is 15.5. The topological polar surface area (TPSA) is 88.7 Å². The maximum Gasteiger partial charge on any atom is 0.319 e. The van der Waals surface area contributed by atoms with E-state index >= 15 is 0 Å². The standard InChI is InChI=1S/C41H70N6O2/c1-5-7-9-11-13-17-29-46(3)31-19-15-27-42-40(48)44-38-25-21-23-36(34-38)33-37-24-22-26-39(35-37)45-41(49)43-28-16-20-32-47(4)30-18-14-12-10-8-6-2/h21-26,34-35H,5-20,27-33H2,1-4H3,(H2,42,44,48)(H2,43,45,49). The van der Waals surface area contributed by atoms with Crippen molar-refractivity contribution in [2.75, 3.05) is 64.0 Å².